The van der Waals surface area contributed by atoms with Crippen LogP contribution >= 0.6 is 0 Å². The number of aldehydes is 1. The molecule has 0 saturated carbocycles. The van der Waals surface area contributed by atoms with Crippen molar-refractivity contribution in [1.82, 2.24) is 14.3 Å². The van der Waals surface area contributed by atoms with Crippen LogP contribution in [-0.2, 0) is 11.8 Å². The molecule has 0 amide bonds. The summed E-state index contributed by atoms with van der Waals surface area (Å²) in [6.45, 7) is 1.94. The molecule has 0 radical (unpaired) electrons. The number of hydrogen-bond acceptors (Lipinski definition) is 2. The van der Waals surface area contributed by atoms with Crippen molar-refractivity contribution in [2.45, 2.75) is 6.92 Å². The zero-order chi connectivity index (χ0) is 14.1. The molecule has 3 rings (SSSR count). The summed E-state index contributed by atoms with van der Waals surface area (Å²) in [5.74, 6) is 0.960. The van der Waals surface area contributed by atoms with Crippen molar-refractivity contribution in [1.29, 1.82) is 0 Å². The molecule has 5 heteroatoms. The Kier molecular flexibility index (Phi) is 5.35. The fraction of sp³-hybridized carbons (Fsp3) is 0.125. The molecule has 4 nitrogen and oxygen atoms in total. The summed E-state index contributed by atoms with van der Waals surface area (Å²) in [5, 5.41) is 5.63. The number of nitrogens with zero attached hydrogens (tertiary/aromatic N) is 3. The molecule has 21 heavy (non-hydrogen) atoms. The summed E-state index contributed by atoms with van der Waals surface area (Å²) in [6, 6.07) is 10.3. The van der Waals surface area contributed by atoms with Gasteiger partial charge >= 0.3 is 51.4 Å². The number of para-hydroxylation sites is 1. The van der Waals surface area contributed by atoms with E-state index in [9.17, 15) is 4.79 Å². The molecule has 0 aliphatic carbocycles. The van der Waals surface area contributed by atoms with Gasteiger partial charge in [0.1, 0.15) is 12.1 Å². The van der Waals surface area contributed by atoms with Gasteiger partial charge in [0.15, 0.2) is 0 Å². The number of benzene rings is 1. The molecular weight excluding hydrogens is 289 g/mol. The van der Waals surface area contributed by atoms with Crippen LogP contribution in [0.4, 0.5) is 0 Å². The molecule has 0 bridgehead atoms. The maximum atomic E-state index is 10.6. The monoisotopic (exact) mass is 305 g/mol. The van der Waals surface area contributed by atoms with Crippen LogP contribution < -0.4 is 0 Å². The zero-order valence-corrected chi connectivity index (χ0v) is 11.4. The van der Waals surface area contributed by atoms with Crippen LogP contribution in [0, 0.1) is 6.92 Å². The van der Waals surface area contributed by atoms with Crippen LogP contribution in [0.15, 0.2) is 42.6 Å². The third kappa shape index (κ3) is 2.98. The second-order valence-corrected chi connectivity index (χ2v) is 4.69. The summed E-state index contributed by atoms with van der Waals surface area (Å²) in [7, 11) is 1.91. The Morgan fingerprint density at radius 3 is 2.71 bits per heavy atom. The van der Waals surface area contributed by atoms with Crippen LogP contribution in [0.2, 0.25) is 0 Å². The molecule has 0 N–H and O–H groups in total. The second kappa shape index (κ2) is 6.85. The van der Waals surface area contributed by atoms with Gasteiger partial charge in [-0.25, -0.2) is 0 Å². The molecule has 0 aliphatic rings. The first-order valence-electron chi connectivity index (χ1n) is 6.44. The number of carbonyl (C=O) groups excluding carboxylic acids is 1. The number of fused-ring (bicyclic) bond motifs is 1. The van der Waals surface area contributed by atoms with Crippen LogP contribution in [0.25, 0.3) is 22.8 Å². The van der Waals surface area contributed by atoms with Crippen LogP contribution in [0.5, 0.6) is 0 Å². The number of allylic oxidation sites excluding steroid dienone is 1. The van der Waals surface area contributed by atoms with Crippen LogP contribution in [-0.4, -0.2) is 72.0 Å². The molecular formula is C16H16KN3O. The van der Waals surface area contributed by atoms with Gasteiger partial charge in [0.2, 0.25) is 0 Å². The molecule has 1 aromatic carbocycles. The predicted octanol–water partition coefficient (Wildman–Crippen LogP) is 2.24. The third-order valence-corrected chi connectivity index (χ3v) is 3.41. The van der Waals surface area contributed by atoms with Crippen molar-refractivity contribution in [3.8, 4) is 5.82 Å². The van der Waals surface area contributed by atoms with Gasteiger partial charge < -0.3 is 4.57 Å². The van der Waals surface area contributed by atoms with E-state index in [4.69, 9.17) is 0 Å². The van der Waals surface area contributed by atoms with E-state index in [0.29, 0.717) is 0 Å². The number of carbonyl (C=O) groups is 1. The predicted molar refractivity (Wildman–Crippen MR) is 87.0 cm³/mol. The van der Waals surface area contributed by atoms with Gasteiger partial charge in [-0.05, 0) is 36.6 Å². The van der Waals surface area contributed by atoms with Crippen LogP contribution in [0.3, 0.4) is 0 Å². The first-order valence-corrected chi connectivity index (χ1v) is 6.44. The average molecular weight is 305 g/mol. The SMILES string of the molecule is Cc1nn(C)c(-n2ccc3ccccc32)c1/C=C/C=O.[KH]. The fourth-order valence-electron chi connectivity index (χ4n) is 2.55. The molecule has 0 aliphatic heterocycles. The molecule has 0 atom stereocenters. The number of hydrogen-bond donors (Lipinski definition) is 0. The fourth-order valence-corrected chi connectivity index (χ4v) is 2.55. The molecule has 0 unspecified atom stereocenters. The average Bonchev–Trinajstić information content (AvgIpc) is 2.97. The third-order valence-electron chi connectivity index (χ3n) is 3.41. The molecule has 2 aromatic heterocycles. The molecule has 0 fully saturated rings. The van der Waals surface area contributed by atoms with E-state index in [2.05, 4.69) is 27.9 Å². The van der Waals surface area contributed by atoms with Crippen molar-refractivity contribution in [2.24, 2.45) is 7.05 Å². The van der Waals surface area contributed by atoms with E-state index in [1.54, 1.807) is 6.08 Å². The summed E-state index contributed by atoms with van der Waals surface area (Å²) in [5.41, 5.74) is 2.98. The molecule has 102 valence electrons. The van der Waals surface area contributed by atoms with Gasteiger partial charge in [-0.15, -0.1) is 0 Å². The summed E-state index contributed by atoms with van der Waals surface area (Å²) in [4.78, 5) is 10.6. The standard InChI is InChI=1S/C16H15N3O.K.H/c1-12-14(7-5-11-20)16(18(2)17-12)19-10-9-13-6-3-4-8-15(13)19;;/h3-11H,1-2H3;;/b7-5+;;. The van der Waals surface area contributed by atoms with Gasteiger partial charge in [-0.1, -0.05) is 18.2 Å². The van der Waals surface area contributed by atoms with E-state index in [1.807, 2.05) is 37.0 Å². The molecule has 2 heterocycles. The minimum atomic E-state index is 0. The van der Waals surface area contributed by atoms with E-state index in [0.717, 1.165) is 28.9 Å². The Hall–Kier alpha value is -0.984. The molecule has 0 spiro atoms. The van der Waals surface area contributed by atoms with Crippen molar-refractivity contribution >= 4 is 74.6 Å². The van der Waals surface area contributed by atoms with Gasteiger partial charge in [0, 0.05) is 18.8 Å². The van der Waals surface area contributed by atoms with Crippen molar-refractivity contribution in [3.63, 3.8) is 0 Å². The normalized spacial score (nSPS) is 11.0. The first kappa shape index (κ1) is 16.4. The molecule has 3 aromatic rings. The zero-order valence-electron chi connectivity index (χ0n) is 11.4. The van der Waals surface area contributed by atoms with Gasteiger partial charge in [0.25, 0.3) is 0 Å². The Labute approximate surface area is 165 Å². The quantitative estimate of drug-likeness (QED) is 0.423. The van der Waals surface area contributed by atoms with Crippen molar-refractivity contribution in [3.05, 3.63) is 53.9 Å². The van der Waals surface area contributed by atoms with Crippen molar-refractivity contribution < 1.29 is 4.79 Å². The summed E-state index contributed by atoms with van der Waals surface area (Å²) >= 11 is 0. The maximum absolute atomic E-state index is 10.6. The topological polar surface area (TPSA) is 39.8 Å². The summed E-state index contributed by atoms with van der Waals surface area (Å²) in [6.07, 6.45) is 6.11. The van der Waals surface area contributed by atoms with E-state index >= 15 is 0 Å². The van der Waals surface area contributed by atoms with E-state index in [1.165, 1.54) is 11.5 Å². The first-order chi connectivity index (χ1) is 9.72. The second-order valence-electron chi connectivity index (χ2n) is 4.69. The van der Waals surface area contributed by atoms with Gasteiger partial charge in [0.05, 0.1) is 11.2 Å². The summed E-state index contributed by atoms with van der Waals surface area (Å²) < 4.78 is 3.94. The van der Waals surface area contributed by atoms with E-state index in [-0.39, 0.29) is 51.4 Å². The number of rotatable bonds is 3. The molecule has 0 saturated heterocycles. The Balaban J connectivity index is 0.00000161. The number of aromatic nitrogens is 3. The Morgan fingerprint density at radius 1 is 1.19 bits per heavy atom. The van der Waals surface area contributed by atoms with E-state index < -0.39 is 0 Å². The Morgan fingerprint density at radius 2 is 1.95 bits per heavy atom. The van der Waals surface area contributed by atoms with Crippen LogP contribution in [0.1, 0.15) is 11.3 Å². The van der Waals surface area contributed by atoms with Gasteiger partial charge in [-0.3, -0.25) is 9.48 Å². The van der Waals surface area contributed by atoms with Crippen molar-refractivity contribution in [2.75, 3.05) is 0 Å². The van der Waals surface area contributed by atoms with Gasteiger partial charge in [-0.2, -0.15) is 5.10 Å². The number of aryl methyl sites for hydroxylation is 2. The minimum absolute atomic E-state index is 0. The Bertz CT molecular complexity index is 814.